The van der Waals surface area contributed by atoms with Gasteiger partial charge in [0.15, 0.2) is 0 Å². The highest BCUT2D eigenvalue weighted by atomic mass is 16.4. The summed E-state index contributed by atoms with van der Waals surface area (Å²) in [6, 6.07) is -0.306. The van der Waals surface area contributed by atoms with Gasteiger partial charge in [0.05, 0.1) is 12.5 Å². The Morgan fingerprint density at radius 1 is 0.923 bits per heavy atom. The fourth-order valence-corrected chi connectivity index (χ4v) is 6.77. The maximum atomic E-state index is 12.5. The Labute approximate surface area is 154 Å². The lowest BCUT2D eigenvalue weighted by Crippen LogP contribution is -2.49. The van der Waals surface area contributed by atoms with Crippen LogP contribution in [-0.2, 0) is 14.4 Å². The topological polar surface area (TPSA) is 95.5 Å². The van der Waals surface area contributed by atoms with Crippen molar-refractivity contribution >= 4 is 17.8 Å². The molecule has 2 amide bonds. The smallest absolute Gasteiger partial charge is 0.308 e. The largest absolute Gasteiger partial charge is 0.481 e. The van der Waals surface area contributed by atoms with Crippen LogP contribution >= 0.6 is 0 Å². The van der Waals surface area contributed by atoms with Crippen molar-refractivity contribution in [2.45, 2.75) is 70.3 Å². The minimum Gasteiger partial charge on any atom is -0.481 e. The van der Waals surface area contributed by atoms with Crippen molar-refractivity contribution in [3.8, 4) is 0 Å². The zero-order valence-corrected chi connectivity index (χ0v) is 15.3. The fourth-order valence-electron chi connectivity index (χ4n) is 6.77. The Morgan fingerprint density at radius 3 is 2.12 bits per heavy atom. The van der Waals surface area contributed by atoms with Crippen LogP contribution in [0.4, 0.5) is 0 Å². The first kappa shape index (κ1) is 17.8. The molecule has 5 saturated carbocycles. The van der Waals surface area contributed by atoms with Gasteiger partial charge in [-0.05, 0) is 74.5 Å². The second-order valence-corrected chi connectivity index (χ2v) is 9.42. The van der Waals surface area contributed by atoms with Crippen LogP contribution in [0, 0.1) is 29.1 Å². The number of amides is 2. The SMILES string of the molecule is O=C(CC12CC3CC(CC(C3)C1)C2)NCC(=O)N[C@H]1CCC[C@H]1C(=O)O. The van der Waals surface area contributed by atoms with Crippen molar-refractivity contribution in [3.63, 3.8) is 0 Å². The number of carbonyl (C=O) groups excluding carboxylic acids is 2. The normalized spacial score (nSPS) is 40.4. The number of hydrogen-bond acceptors (Lipinski definition) is 3. The van der Waals surface area contributed by atoms with Crippen molar-refractivity contribution in [1.82, 2.24) is 10.6 Å². The quantitative estimate of drug-likeness (QED) is 0.674. The van der Waals surface area contributed by atoms with Crippen LogP contribution in [0.15, 0.2) is 0 Å². The van der Waals surface area contributed by atoms with E-state index in [0.717, 1.165) is 24.2 Å². The number of carboxylic acids is 1. The fraction of sp³-hybridized carbons (Fsp3) is 0.850. The van der Waals surface area contributed by atoms with Crippen LogP contribution in [0.2, 0.25) is 0 Å². The number of aliphatic carboxylic acids is 1. The molecule has 6 nitrogen and oxygen atoms in total. The van der Waals surface area contributed by atoms with Gasteiger partial charge in [-0.2, -0.15) is 0 Å². The van der Waals surface area contributed by atoms with E-state index < -0.39 is 11.9 Å². The molecule has 0 spiro atoms. The number of nitrogens with one attached hydrogen (secondary N) is 2. The van der Waals surface area contributed by atoms with Crippen molar-refractivity contribution in [3.05, 3.63) is 0 Å². The van der Waals surface area contributed by atoms with Crippen LogP contribution in [0.3, 0.4) is 0 Å². The van der Waals surface area contributed by atoms with Gasteiger partial charge in [-0.25, -0.2) is 0 Å². The van der Waals surface area contributed by atoms with Gasteiger partial charge in [0.2, 0.25) is 11.8 Å². The molecule has 0 saturated heterocycles. The van der Waals surface area contributed by atoms with Crippen LogP contribution in [0.25, 0.3) is 0 Å². The van der Waals surface area contributed by atoms with Crippen molar-refractivity contribution in [1.29, 1.82) is 0 Å². The predicted molar refractivity (Wildman–Crippen MR) is 95.1 cm³/mol. The van der Waals surface area contributed by atoms with Gasteiger partial charge in [0.25, 0.3) is 0 Å². The molecule has 5 rings (SSSR count). The highest BCUT2D eigenvalue weighted by Crippen LogP contribution is 2.61. The van der Waals surface area contributed by atoms with Crippen LogP contribution in [0.1, 0.15) is 64.2 Å². The number of carbonyl (C=O) groups is 3. The second-order valence-electron chi connectivity index (χ2n) is 9.42. The zero-order chi connectivity index (χ0) is 18.3. The third-order valence-corrected chi connectivity index (χ3v) is 7.33. The lowest BCUT2D eigenvalue weighted by Gasteiger charge is -2.56. The van der Waals surface area contributed by atoms with Crippen LogP contribution in [-0.4, -0.2) is 35.5 Å². The maximum Gasteiger partial charge on any atom is 0.308 e. The molecule has 0 aromatic rings. The van der Waals surface area contributed by atoms with E-state index in [1.165, 1.54) is 38.5 Å². The van der Waals surface area contributed by atoms with E-state index in [0.29, 0.717) is 19.3 Å². The van der Waals surface area contributed by atoms with E-state index >= 15 is 0 Å². The minimum atomic E-state index is -0.848. The lowest BCUT2D eigenvalue weighted by molar-refractivity contribution is -0.142. The first-order valence-electron chi connectivity index (χ1n) is 10.2. The second kappa shape index (κ2) is 6.86. The molecule has 5 fully saturated rings. The molecule has 0 aromatic carbocycles. The van der Waals surface area contributed by atoms with E-state index in [1.807, 2.05) is 0 Å². The van der Waals surface area contributed by atoms with Gasteiger partial charge in [0, 0.05) is 12.5 Å². The Hall–Kier alpha value is -1.59. The van der Waals surface area contributed by atoms with Crippen molar-refractivity contribution < 1.29 is 19.5 Å². The molecule has 4 bridgehead atoms. The van der Waals surface area contributed by atoms with Gasteiger partial charge >= 0.3 is 5.97 Å². The van der Waals surface area contributed by atoms with Crippen molar-refractivity contribution in [2.24, 2.45) is 29.1 Å². The maximum absolute atomic E-state index is 12.5. The standard InChI is InChI=1S/C20H30N2O4/c23-17(10-20-7-12-4-13(8-20)6-14(5-12)9-20)21-11-18(24)22-16-3-1-2-15(16)19(25)26/h12-16H,1-11H2,(H,21,23)(H,22,24)(H,25,26)/t12?,13?,14?,15-,16+,20?/m1/s1. The number of carboxylic acid groups (broad SMARTS) is 1. The molecule has 3 N–H and O–H groups in total. The first-order chi connectivity index (χ1) is 12.4. The van der Waals surface area contributed by atoms with E-state index in [4.69, 9.17) is 0 Å². The third-order valence-electron chi connectivity index (χ3n) is 7.33. The van der Waals surface area contributed by atoms with E-state index in [-0.39, 0.29) is 29.8 Å². The molecule has 0 aromatic heterocycles. The minimum absolute atomic E-state index is 0.0247. The Balaban J connectivity index is 1.24. The Kier molecular flexibility index (Phi) is 4.70. The van der Waals surface area contributed by atoms with E-state index in [2.05, 4.69) is 10.6 Å². The van der Waals surface area contributed by atoms with Gasteiger partial charge in [-0.15, -0.1) is 0 Å². The highest BCUT2D eigenvalue weighted by Gasteiger charge is 2.51. The van der Waals surface area contributed by atoms with Gasteiger partial charge in [-0.3, -0.25) is 14.4 Å². The summed E-state index contributed by atoms with van der Waals surface area (Å²) >= 11 is 0. The third kappa shape index (κ3) is 3.60. The van der Waals surface area contributed by atoms with Crippen molar-refractivity contribution in [2.75, 3.05) is 6.54 Å². The summed E-state index contributed by atoms with van der Waals surface area (Å²) in [5, 5.41) is 14.8. The number of hydrogen-bond donors (Lipinski definition) is 3. The number of rotatable bonds is 6. The summed E-state index contributed by atoms with van der Waals surface area (Å²) in [5.74, 6) is 0.790. The average Bonchev–Trinajstić information content (AvgIpc) is 2.99. The molecule has 0 heterocycles. The molecule has 0 aliphatic heterocycles. The molecular weight excluding hydrogens is 332 g/mol. The summed E-state index contributed by atoms with van der Waals surface area (Å²) in [6.07, 6.45) is 10.3. The van der Waals surface area contributed by atoms with Crippen LogP contribution < -0.4 is 10.6 Å². The summed E-state index contributed by atoms with van der Waals surface area (Å²) < 4.78 is 0. The average molecular weight is 362 g/mol. The highest BCUT2D eigenvalue weighted by molar-refractivity contribution is 5.85. The molecule has 144 valence electrons. The Bertz CT molecular complexity index is 567. The molecule has 26 heavy (non-hydrogen) atoms. The molecule has 5 aliphatic carbocycles. The summed E-state index contributed by atoms with van der Waals surface area (Å²) in [6.45, 7) is -0.0476. The molecule has 0 radical (unpaired) electrons. The summed E-state index contributed by atoms with van der Waals surface area (Å²) in [5.41, 5.74) is 0.176. The molecular formula is C20H30N2O4. The Morgan fingerprint density at radius 2 is 1.54 bits per heavy atom. The van der Waals surface area contributed by atoms with Crippen LogP contribution in [0.5, 0.6) is 0 Å². The molecule has 0 unspecified atom stereocenters. The van der Waals surface area contributed by atoms with E-state index in [9.17, 15) is 19.5 Å². The van der Waals surface area contributed by atoms with Gasteiger partial charge in [0.1, 0.15) is 0 Å². The van der Waals surface area contributed by atoms with Gasteiger partial charge < -0.3 is 15.7 Å². The first-order valence-corrected chi connectivity index (χ1v) is 10.2. The monoisotopic (exact) mass is 362 g/mol. The molecule has 6 heteroatoms. The summed E-state index contributed by atoms with van der Waals surface area (Å²) in [4.78, 5) is 35.8. The molecule has 5 aliphatic rings. The lowest BCUT2D eigenvalue weighted by atomic mass is 9.49. The van der Waals surface area contributed by atoms with E-state index in [1.54, 1.807) is 0 Å². The predicted octanol–water partition coefficient (Wildman–Crippen LogP) is 2.08. The zero-order valence-electron chi connectivity index (χ0n) is 15.3. The summed E-state index contributed by atoms with van der Waals surface area (Å²) in [7, 11) is 0. The molecule has 2 atom stereocenters. The van der Waals surface area contributed by atoms with Gasteiger partial charge in [-0.1, -0.05) is 6.42 Å².